The minimum atomic E-state index is -0.115. The second kappa shape index (κ2) is 7.54. The van der Waals surface area contributed by atoms with Gasteiger partial charge in [0.15, 0.2) is 5.16 Å². The number of aromatic nitrogens is 4. The third-order valence-corrected chi connectivity index (χ3v) is 5.54. The Morgan fingerprint density at radius 2 is 1.85 bits per heavy atom. The number of fused-ring (bicyclic) bond motifs is 2. The normalized spacial score (nSPS) is 12.7. The summed E-state index contributed by atoms with van der Waals surface area (Å²) in [4.78, 5) is 24.7. The number of nitrogens with zero attached hydrogens (tertiary/aromatic N) is 3. The smallest absolute Gasteiger partial charge is 0.258 e. The van der Waals surface area contributed by atoms with Gasteiger partial charge in [0.05, 0.1) is 33.8 Å². The predicted octanol–water partition coefficient (Wildman–Crippen LogP) is 3.77. The second-order valence-corrected chi connectivity index (χ2v) is 7.56. The zero-order valence-corrected chi connectivity index (χ0v) is 16.0. The topological polar surface area (TPSA) is 72.8 Å². The fourth-order valence-corrected chi connectivity index (χ4v) is 4.06. The van der Waals surface area contributed by atoms with E-state index in [1.165, 1.54) is 0 Å². The molecule has 0 fully saturated rings. The molecule has 7 heteroatoms. The first-order chi connectivity index (χ1) is 13.2. The summed E-state index contributed by atoms with van der Waals surface area (Å²) in [5, 5.41) is 1.43. The van der Waals surface area contributed by atoms with Crippen molar-refractivity contribution in [2.24, 2.45) is 0 Å². The molecule has 0 amide bonds. The number of aromatic amines is 1. The van der Waals surface area contributed by atoms with Crippen molar-refractivity contribution in [2.75, 3.05) is 13.7 Å². The number of nitrogens with one attached hydrogen (secondary N) is 1. The van der Waals surface area contributed by atoms with Crippen LogP contribution < -0.4 is 5.56 Å². The van der Waals surface area contributed by atoms with Gasteiger partial charge in [-0.2, -0.15) is 0 Å². The van der Waals surface area contributed by atoms with Gasteiger partial charge < -0.3 is 14.3 Å². The van der Waals surface area contributed by atoms with Crippen LogP contribution >= 0.6 is 11.8 Å². The summed E-state index contributed by atoms with van der Waals surface area (Å²) in [5.74, 6) is 0.647. The lowest BCUT2D eigenvalue weighted by Gasteiger charge is -2.13. The number of benzene rings is 2. The lowest BCUT2D eigenvalue weighted by molar-refractivity contribution is 0.186. The molecule has 4 aromatic rings. The first-order valence-corrected chi connectivity index (χ1v) is 9.65. The standard InChI is InChI=1S/C20H20N4O2S/c1-13(18-21-15-8-4-3-7-14(15)19(25)23-18)27-20-22-16-9-5-6-10-17(16)24(20)11-12-26-2/h3-10,13H,11-12H2,1-2H3,(H,21,23,25). The number of hydrogen-bond acceptors (Lipinski definition) is 5. The average Bonchev–Trinajstić information content (AvgIpc) is 3.03. The van der Waals surface area contributed by atoms with Crippen LogP contribution in [0.2, 0.25) is 0 Å². The molecular formula is C20H20N4O2S. The molecule has 2 aromatic carbocycles. The van der Waals surface area contributed by atoms with Crippen LogP contribution in [0.1, 0.15) is 18.0 Å². The molecule has 27 heavy (non-hydrogen) atoms. The van der Waals surface area contributed by atoms with Gasteiger partial charge in [-0.3, -0.25) is 4.79 Å². The van der Waals surface area contributed by atoms with E-state index < -0.39 is 0 Å². The van der Waals surface area contributed by atoms with E-state index in [-0.39, 0.29) is 10.8 Å². The van der Waals surface area contributed by atoms with Crippen LogP contribution in [-0.2, 0) is 11.3 Å². The van der Waals surface area contributed by atoms with E-state index in [4.69, 9.17) is 9.72 Å². The molecule has 2 heterocycles. The number of imidazole rings is 1. The summed E-state index contributed by atoms with van der Waals surface area (Å²) in [5.41, 5.74) is 2.61. The average molecular weight is 380 g/mol. The van der Waals surface area contributed by atoms with Crippen molar-refractivity contribution in [3.05, 3.63) is 64.7 Å². The maximum Gasteiger partial charge on any atom is 0.258 e. The van der Waals surface area contributed by atoms with E-state index in [0.29, 0.717) is 29.9 Å². The third-order valence-electron chi connectivity index (χ3n) is 4.44. The fraction of sp³-hybridized carbons (Fsp3) is 0.250. The summed E-state index contributed by atoms with van der Waals surface area (Å²) in [6.07, 6.45) is 0. The predicted molar refractivity (Wildman–Crippen MR) is 108 cm³/mol. The van der Waals surface area contributed by atoms with Crippen LogP contribution in [0.5, 0.6) is 0 Å². The van der Waals surface area contributed by atoms with Gasteiger partial charge in [0.25, 0.3) is 5.56 Å². The molecule has 1 N–H and O–H groups in total. The summed E-state index contributed by atoms with van der Waals surface area (Å²) >= 11 is 1.58. The van der Waals surface area contributed by atoms with Gasteiger partial charge in [-0.15, -0.1) is 0 Å². The molecule has 0 spiro atoms. The Kier molecular flexibility index (Phi) is 4.96. The van der Waals surface area contributed by atoms with Crippen molar-refractivity contribution >= 4 is 33.7 Å². The molecule has 138 valence electrons. The van der Waals surface area contributed by atoms with E-state index in [0.717, 1.165) is 16.2 Å². The molecule has 6 nitrogen and oxygen atoms in total. The van der Waals surface area contributed by atoms with E-state index >= 15 is 0 Å². The van der Waals surface area contributed by atoms with Crippen molar-refractivity contribution in [2.45, 2.75) is 23.9 Å². The highest BCUT2D eigenvalue weighted by molar-refractivity contribution is 7.99. The molecular weight excluding hydrogens is 360 g/mol. The van der Waals surface area contributed by atoms with E-state index in [1.807, 2.05) is 43.3 Å². The number of para-hydroxylation sites is 3. The molecule has 1 unspecified atom stereocenters. The van der Waals surface area contributed by atoms with Gasteiger partial charge in [-0.25, -0.2) is 9.97 Å². The molecule has 0 aliphatic heterocycles. The minimum absolute atomic E-state index is 0.0552. The number of hydrogen-bond donors (Lipinski definition) is 1. The van der Waals surface area contributed by atoms with Gasteiger partial charge in [0.1, 0.15) is 5.82 Å². The number of methoxy groups -OCH3 is 1. The van der Waals surface area contributed by atoms with Crippen molar-refractivity contribution in [1.29, 1.82) is 0 Å². The Morgan fingerprint density at radius 1 is 1.11 bits per heavy atom. The molecule has 0 saturated heterocycles. The Hall–Kier alpha value is -2.64. The molecule has 0 bridgehead atoms. The molecule has 0 radical (unpaired) electrons. The SMILES string of the molecule is COCCn1c(SC(C)c2nc3ccccc3c(=O)[nH]2)nc2ccccc21. The van der Waals surface area contributed by atoms with Crippen LogP contribution in [-0.4, -0.2) is 33.2 Å². The zero-order chi connectivity index (χ0) is 18.8. The highest BCUT2D eigenvalue weighted by Crippen LogP contribution is 2.34. The summed E-state index contributed by atoms with van der Waals surface area (Å²) < 4.78 is 7.41. The van der Waals surface area contributed by atoms with Crippen molar-refractivity contribution < 1.29 is 4.74 Å². The summed E-state index contributed by atoms with van der Waals surface area (Å²) in [6, 6.07) is 15.4. The molecule has 0 aliphatic rings. The first-order valence-electron chi connectivity index (χ1n) is 8.77. The van der Waals surface area contributed by atoms with Crippen molar-refractivity contribution in [3.8, 4) is 0 Å². The summed E-state index contributed by atoms with van der Waals surface area (Å²) in [6.45, 7) is 3.35. The highest BCUT2D eigenvalue weighted by atomic mass is 32.2. The number of ether oxygens (including phenoxy) is 1. The zero-order valence-electron chi connectivity index (χ0n) is 15.2. The fourth-order valence-electron chi connectivity index (χ4n) is 3.05. The number of thioether (sulfide) groups is 1. The van der Waals surface area contributed by atoms with Crippen LogP contribution in [0.15, 0.2) is 58.5 Å². The van der Waals surface area contributed by atoms with E-state index in [2.05, 4.69) is 20.6 Å². The lowest BCUT2D eigenvalue weighted by Crippen LogP contribution is -2.13. The maximum atomic E-state index is 12.4. The number of rotatable bonds is 6. The molecule has 4 rings (SSSR count). The van der Waals surface area contributed by atoms with Crippen molar-refractivity contribution in [3.63, 3.8) is 0 Å². The van der Waals surface area contributed by atoms with Crippen LogP contribution in [0, 0.1) is 0 Å². The van der Waals surface area contributed by atoms with Gasteiger partial charge >= 0.3 is 0 Å². The van der Waals surface area contributed by atoms with Gasteiger partial charge in [-0.05, 0) is 31.2 Å². The summed E-state index contributed by atoms with van der Waals surface area (Å²) in [7, 11) is 1.69. The van der Waals surface area contributed by atoms with E-state index in [1.54, 1.807) is 24.9 Å². The quantitative estimate of drug-likeness (QED) is 0.516. The maximum absolute atomic E-state index is 12.4. The van der Waals surface area contributed by atoms with Crippen LogP contribution in [0.3, 0.4) is 0 Å². The molecule has 0 aliphatic carbocycles. The number of H-pyrrole nitrogens is 1. The highest BCUT2D eigenvalue weighted by Gasteiger charge is 2.17. The third kappa shape index (κ3) is 3.48. The van der Waals surface area contributed by atoms with Crippen molar-refractivity contribution in [1.82, 2.24) is 19.5 Å². The van der Waals surface area contributed by atoms with Gasteiger partial charge in [0.2, 0.25) is 0 Å². The minimum Gasteiger partial charge on any atom is -0.383 e. The Balaban J connectivity index is 1.70. The Bertz CT molecular complexity index is 1150. The van der Waals surface area contributed by atoms with E-state index in [9.17, 15) is 4.79 Å². The molecule has 0 saturated carbocycles. The van der Waals surface area contributed by atoms with Crippen LogP contribution in [0.4, 0.5) is 0 Å². The van der Waals surface area contributed by atoms with Gasteiger partial charge in [0, 0.05) is 13.7 Å². The largest absolute Gasteiger partial charge is 0.383 e. The monoisotopic (exact) mass is 380 g/mol. The second-order valence-electron chi connectivity index (χ2n) is 6.26. The Morgan fingerprint density at radius 3 is 2.67 bits per heavy atom. The lowest BCUT2D eigenvalue weighted by atomic mass is 10.2. The first kappa shape index (κ1) is 17.8. The Labute approximate surface area is 160 Å². The molecule has 1 atom stereocenters. The van der Waals surface area contributed by atoms with Gasteiger partial charge in [-0.1, -0.05) is 36.0 Å². The molecule has 2 aromatic heterocycles. The van der Waals surface area contributed by atoms with Crippen LogP contribution in [0.25, 0.3) is 21.9 Å².